The highest BCUT2D eigenvalue weighted by Crippen LogP contribution is 2.12. The van der Waals surface area contributed by atoms with Crippen LogP contribution in [0.4, 0.5) is 0 Å². The lowest BCUT2D eigenvalue weighted by Crippen LogP contribution is -2.35. The van der Waals surface area contributed by atoms with Gasteiger partial charge >= 0.3 is 0 Å². The van der Waals surface area contributed by atoms with Crippen molar-refractivity contribution >= 4 is 28.5 Å². The van der Waals surface area contributed by atoms with Crippen LogP contribution in [0.2, 0.25) is 0 Å². The third-order valence-electron chi connectivity index (χ3n) is 2.85. The van der Waals surface area contributed by atoms with Gasteiger partial charge in [-0.25, -0.2) is 0 Å². The fourth-order valence-corrected chi connectivity index (χ4v) is 2.45. The van der Waals surface area contributed by atoms with Crippen LogP contribution in [0.15, 0.2) is 24.3 Å². The maximum Gasteiger partial charge on any atom is 0.251 e. The summed E-state index contributed by atoms with van der Waals surface area (Å²) in [7, 11) is 0. The minimum Gasteiger partial charge on any atom is -0.376 e. The number of hydrogen-bond donors (Lipinski definition) is 1. The second kappa shape index (κ2) is 6.35. The monoisotopic (exact) mass is 345 g/mol. The van der Waals surface area contributed by atoms with Crippen molar-refractivity contribution in [3.8, 4) is 0 Å². The van der Waals surface area contributed by atoms with Crippen molar-refractivity contribution in [3.63, 3.8) is 0 Å². The molecule has 0 radical (unpaired) electrons. The molecule has 0 spiro atoms. The van der Waals surface area contributed by atoms with Crippen molar-refractivity contribution in [2.75, 3.05) is 13.2 Å². The smallest absolute Gasteiger partial charge is 0.251 e. The van der Waals surface area contributed by atoms with Crippen molar-refractivity contribution in [2.24, 2.45) is 0 Å². The van der Waals surface area contributed by atoms with E-state index in [2.05, 4.69) is 27.9 Å². The summed E-state index contributed by atoms with van der Waals surface area (Å²) in [6.07, 6.45) is 3.58. The van der Waals surface area contributed by atoms with Crippen LogP contribution in [-0.4, -0.2) is 25.2 Å². The minimum absolute atomic E-state index is 0.0160. The van der Waals surface area contributed by atoms with Crippen LogP contribution < -0.4 is 5.32 Å². The van der Waals surface area contributed by atoms with Crippen molar-refractivity contribution in [1.29, 1.82) is 0 Å². The van der Waals surface area contributed by atoms with Crippen LogP contribution in [0, 0.1) is 3.57 Å². The van der Waals surface area contributed by atoms with E-state index in [-0.39, 0.29) is 12.0 Å². The summed E-state index contributed by atoms with van der Waals surface area (Å²) in [5, 5.41) is 2.93. The lowest BCUT2D eigenvalue weighted by Gasteiger charge is -2.22. The second-order valence-corrected chi connectivity index (χ2v) is 5.45. The van der Waals surface area contributed by atoms with E-state index in [4.69, 9.17) is 4.74 Å². The van der Waals surface area contributed by atoms with Gasteiger partial charge in [0.05, 0.1) is 6.10 Å². The van der Waals surface area contributed by atoms with Crippen LogP contribution >= 0.6 is 22.6 Å². The summed E-state index contributed by atoms with van der Waals surface area (Å²) in [5.41, 5.74) is 0.715. The number of hydrogen-bond acceptors (Lipinski definition) is 2. The van der Waals surface area contributed by atoms with Gasteiger partial charge in [-0.1, -0.05) is 6.07 Å². The molecule has 0 aliphatic carbocycles. The molecule has 0 aromatic heterocycles. The number of ether oxygens (including phenoxy) is 1. The summed E-state index contributed by atoms with van der Waals surface area (Å²) in [5.74, 6) is -0.0160. The normalized spacial score (nSPS) is 19.9. The van der Waals surface area contributed by atoms with Crippen molar-refractivity contribution in [1.82, 2.24) is 5.32 Å². The Balaban J connectivity index is 1.84. The van der Waals surface area contributed by atoms with E-state index in [0.29, 0.717) is 12.1 Å². The summed E-state index contributed by atoms with van der Waals surface area (Å²) in [6.45, 7) is 1.44. The zero-order valence-electron chi connectivity index (χ0n) is 9.62. The summed E-state index contributed by atoms with van der Waals surface area (Å²) >= 11 is 2.21. The Bertz CT molecular complexity index is 389. The molecule has 17 heavy (non-hydrogen) atoms. The first-order valence-electron chi connectivity index (χ1n) is 5.91. The highest BCUT2D eigenvalue weighted by molar-refractivity contribution is 14.1. The molecule has 1 amide bonds. The molecular formula is C13H16INO2. The maximum atomic E-state index is 11.9. The molecule has 4 heteroatoms. The number of halogens is 1. The standard InChI is InChI=1S/C13H16INO2/c14-11-5-3-4-10(8-11)13(16)15-9-12-6-1-2-7-17-12/h3-5,8,12H,1-2,6-7,9H2,(H,15,16). The fourth-order valence-electron chi connectivity index (χ4n) is 1.91. The number of amides is 1. The van der Waals surface area contributed by atoms with Crippen LogP contribution in [0.3, 0.4) is 0 Å². The summed E-state index contributed by atoms with van der Waals surface area (Å²) < 4.78 is 6.65. The number of carbonyl (C=O) groups excluding carboxylic acids is 1. The average molecular weight is 345 g/mol. The Morgan fingerprint density at radius 3 is 3.06 bits per heavy atom. The van der Waals surface area contributed by atoms with Gasteiger partial charge in [0.1, 0.15) is 0 Å². The van der Waals surface area contributed by atoms with Gasteiger partial charge in [-0.15, -0.1) is 0 Å². The minimum atomic E-state index is -0.0160. The first-order valence-corrected chi connectivity index (χ1v) is 6.99. The molecule has 1 N–H and O–H groups in total. The molecule has 92 valence electrons. The topological polar surface area (TPSA) is 38.3 Å². The van der Waals surface area contributed by atoms with Crippen molar-refractivity contribution in [3.05, 3.63) is 33.4 Å². The Kier molecular flexibility index (Phi) is 4.79. The summed E-state index contributed by atoms with van der Waals surface area (Å²) in [6, 6.07) is 7.59. The third-order valence-corrected chi connectivity index (χ3v) is 3.52. The van der Waals surface area contributed by atoms with Gasteiger partial charge in [0.2, 0.25) is 0 Å². The zero-order valence-corrected chi connectivity index (χ0v) is 11.8. The molecule has 1 atom stereocenters. The van der Waals surface area contributed by atoms with E-state index in [1.807, 2.05) is 24.3 Å². The number of rotatable bonds is 3. The first-order chi connectivity index (χ1) is 8.25. The first kappa shape index (κ1) is 12.8. The predicted octanol–water partition coefficient (Wildman–Crippen LogP) is 2.59. The number of nitrogens with one attached hydrogen (secondary N) is 1. The SMILES string of the molecule is O=C(NCC1CCCCO1)c1cccc(I)c1. The van der Waals surface area contributed by atoms with Gasteiger partial charge in [-0.05, 0) is 60.1 Å². The molecular weight excluding hydrogens is 329 g/mol. The van der Waals surface area contributed by atoms with E-state index in [1.54, 1.807) is 0 Å². The molecule has 1 aromatic carbocycles. The highest BCUT2D eigenvalue weighted by Gasteiger charge is 2.15. The van der Waals surface area contributed by atoms with Crippen molar-refractivity contribution < 1.29 is 9.53 Å². The lowest BCUT2D eigenvalue weighted by molar-refractivity contribution is 0.0169. The van der Waals surface area contributed by atoms with Crippen LogP contribution in [0.5, 0.6) is 0 Å². The molecule has 3 nitrogen and oxygen atoms in total. The molecule has 1 aliphatic rings. The maximum absolute atomic E-state index is 11.9. The largest absolute Gasteiger partial charge is 0.376 e. The van der Waals surface area contributed by atoms with E-state index in [9.17, 15) is 4.79 Å². The highest BCUT2D eigenvalue weighted by atomic mass is 127. The zero-order chi connectivity index (χ0) is 12.1. The average Bonchev–Trinajstić information content (AvgIpc) is 2.37. The van der Waals surface area contributed by atoms with Crippen molar-refractivity contribution in [2.45, 2.75) is 25.4 Å². The third kappa shape index (κ3) is 3.96. The van der Waals surface area contributed by atoms with Gasteiger partial charge in [0, 0.05) is 22.3 Å². The van der Waals surface area contributed by atoms with Gasteiger partial charge in [0.25, 0.3) is 5.91 Å². The van der Waals surface area contributed by atoms with Crippen LogP contribution in [0.1, 0.15) is 29.6 Å². The Hall–Kier alpha value is -0.620. The van der Waals surface area contributed by atoms with E-state index in [1.165, 1.54) is 6.42 Å². The fraction of sp³-hybridized carbons (Fsp3) is 0.462. The Labute approximate surface area is 115 Å². The van der Waals surface area contributed by atoms with Gasteiger partial charge in [-0.2, -0.15) is 0 Å². The summed E-state index contributed by atoms with van der Waals surface area (Å²) in [4.78, 5) is 11.9. The molecule has 1 heterocycles. The molecule has 2 rings (SSSR count). The lowest BCUT2D eigenvalue weighted by atomic mass is 10.1. The van der Waals surface area contributed by atoms with E-state index < -0.39 is 0 Å². The van der Waals surface area contributed by atoms with E-state index in [0.717, 1.165) is 23.0 Å². The Morgan fingerprint density at radius 2 is 2.35 bits per heavy atom. The van der Waals surface area contributed by atoms with E-state index >= 15 is 0 Å². The molecule has 0 saturated carbocycles. The quantitative estimate of drug-likeness (QED) is 0.856. The number of benzene rings is 1. The molecule has 1 aromatic rings. The molecule has 1 unspecified atom stereocenters. The van der Waals surface area contributed by atoms with Gasteiger partial charge in [-0.3, -0.25) is 4.79 Å². The second-order valence-electron chi connectivity index (χ2n) is 4.21. The van der Waals surface area contributed by atoms with Crippen LogP contribution in [0.25, 0.3) is 0 Å². The van der Waals surface area contributed by atoms with Gasteiger partial charge < -0.3 is 10.1 Å². The molecule has 1 fully saturated rings. The Morgan fingerprint density at radius 1 is 1.47 bits per heavy atom. The number of carbonyl (C=O) groups is 1. The molecule has 1 saturated heterocycles. The molecule has 1 aliphatic heterocycles. The molecule has 0 bridgehead atoms. The van der Waals surface area contributed by atoms with Gasteiger partial charge in [0.15, 0.2) is 0 Å². The predicted molar refractivity (Wildman–Crippen MR) is 75.1 cm³/mol. The van der Waals surface area contributed by atoms with Crippen LogP contribution in [-0.2, 0) is 4.74 Å².